The molecule has 1 saturated heterocycles. The molecule has 1 N–H and O–H groups in total. The predicted octanol–water partition coefficient (Wildman–Crippen LogP) is 4.81. The number of carbonyl (C=O) groups excluding carboxylic acids is 2. The lowest BCUT2D eigenvalue weighted by molar-refractivity contribution is 0.0452. The number of piperidine rings is 1. The molecule has 4 aromatic heterocycles. The standard InChI is InChI=1S/C28H34N6O3/c1-6-33-22(15-19-9-7-12-29-25(19)33)24-18(2)34-14-11-20(16-23(34)31-24)26(35)32-13-8-10-21(17-32)30-27(36)37-28(3,4)5/h7,9,11-12,14-16,21H,6,8,10,13,17H2,1-5H3,(H,30,36)/t21-/m1/s1. The molecule has 37 heavy (non-hydrogen) atoms. The largest absolute Gasteiger partial charge is 0.444 e. The van der Waals surface area contributed by atoms with Gasteiger partial charge in [-0.15, -0.1) is 0 Å². The minimum absolute atomic E-state index is 0.0627. The maximum Gasteiger partial charge on any atom is 0.407 e. The van der Waals surface area contributed by atoms with Gasteiger partial charge in [0.25, 0.3) is 5.91 Å². The van der Waals surface area contributed by atoms with Crippen molar-refractivity contribution in [3.05, 3.63) is 54.0 Å². The first kappa shape index (κ1) is 24.8. The van der Waals surface area contributed by atoms with Gasteiger partial charge in [-0.3, -0.25) is 4.79 Å². The van der Waals surface area contributed by atoms with Crippen LogP contribution in [0.1, 0.15) is 56.6 Å². The molecule has 0 bridgehead atoms. The van der Waals surface area contributed by atoms with Crippen molar-refractivity contribution in [3.8, 4) is 11.4 Å². The molecule has 0 aliphatic carbocycles. The first-order valence-corrected chi connectivity index (χ1v) is 12.9. The summed E-state index contributed by atoms with van der Waals surface area (Å²) < 4.78 is 9.57. The van der Waals surface area contributed by atoms with Crippen LogP contribution in [0.3, 0.4) is 0 Å². The fourth-order valence-electron chi connectivity index (χ4n) is 5.08. The number of nitrogens with zero attached hydrogens (tertiary/aromatic N) is 5. The smallest absolute Gasteiger partial charge is 0.407 e. The molecule has 1 aliphatic heterocycles. The SMILES string of the molecule is CCn1c(-c2nc3cc(C(=O)N4CCC[C@@H](NC(=O)OC(C)(C)C)C4)ccn3c2C)cc2cccnc21. The van der Waals surface area contributed by atoms with Crippen molar-refractivity contribution in [2.75, 3.05) is 13.1 Å². The highest BCUT2D eigenvalue weighted by molar-refractivity contribution is 5.95. The number of amides is 2. The van der Waals surface area contributed by atoms with Crippen LogP contribution in [0.4, 0.5) is 4.79 Å². The van der Waals surface area contributed by atoms with E-state index < -0.39 is 11.7 Å². The minimum atomic E-state index is -0.563. The minimum Gasteiger partial charge on any atom is -0.444 e. The number of alkyl carbamates (subject to hydrolysis) is 1. The van der Waals surface area contributed by atoms with Crippen molar-refractivity contribution in [3.63, 3.8) is 0 Å². The Morgan fingerprint density at radius 1 is 1.22 bits per heavy atom. The Balaban J connectivity index is 1.39. The first-order chi connectivity index (χ1) is 17.6. The topological polar surface area (TPSA) is 93.8 Å². The number of nitrogens with one attached hydrogen (secondary N) is 1. The monoisotopic (exact) mass is 502 g/mol. The highest BCUT2D eigenvalue weighted by Gasteiger charge is 2.28. The number of likely N-dealkylation sites (tertiary alicyclic amines) is 1. The summed E-state index contributed by atoms with van der Waals surface area (Å²) in [7, 11) is 0. The molecular weight excluding hydrogens is 468 g/mol. The van der Waals surface area contributed by atoms with E-state index in [4.69, 9.17) is 9.72 Å². The molecule has 9 nitrogen and oxygen atoms in total. The third kappa shape index (κ3) is 4.90. The van der Waals surface area contributed by atoms with Crippen LogP contribution in [-0.4, -0.2) is 60.6 Å². The highest BCUT2D eigenvalue weighted by atomic mass is 16.6. The Morgan fingerprint density at radius 3 is 2.78 bits per heavy atom. The van der Waals surface area contributed by atoms with Crippen LogP contribution in [0.5, 0.6) is 0 Å². The summed E-state index contributed by atoms with van der Waals surface area (Å²) in [6, 6.07) is 9.67. The zero-order valence-corrected chi connectivity index (χ0v) is 22.1. The van der Waals surface area contributed by atoms with Gasteiger partial charge >= 0.3 is 6.09 Å². The van der Waals surface area contributed by atoms with E-state index in [0.717, 1.165) is 53.1 Å². The predicted molar refractivity (Wildman–Crippen MR) is 143 cm³/mol. The summed E-state index contributed by atoms with van der Waals surface area (Å²) in [6.07, 6.45) is 4.89. The van der Waals surface area contributed by atoms with Crippen molar-refractivity contribution in [1.29, 1.82) is 0 Å². The maximum atomic E-state index is 13.4. The maximum absolute atomic E-state index is 13.4. The highest BCUT2D eigenvalue weighted by Crippen LogP contribution is 2.30. The normalized spacial score (nSPS) is 16.4. The van der Waals surface area contributed by atoms with Gasteiger partial charge in [0.1, 0.15) is 22.6 Å². The Hall–Kier alpha value is -3.88. The third-order valence-corrected chi connectivity index (χ3v) is 6.76. The summed E-state index contributed by atoms with van der Waals surface area (Å²) in [6.45, 7) is 11.5. The van der Waals surface area contributed by atoms with Gasteiger partial charge in [0.2, 0.25) is 0 Å². The molecule has 0 unspecified atom stereocenters. The molecule has 2 amide bonds. The molecule has 9 heteroatoms. The average molecular weight is 503 g/mol. The van der Waals surface area contributed by atoms with Gasteiger partial charge in [-0.25, -0.2) is 14.8 Å². The van der Waals surface area contributed by atoms with E-state index in [1.54, 1.807) is 11.1 Å². The van der Waals surface area contributed by atoms with Gasteiger partial charge in [0.05, 0.1) is 5.69 Å². The second-order valence-corrected chi connectivity index (χ2v) is 10.6. The number of rotatable bonds is 4. The van der Waals surface area contributed by atoms with E-state index >= 15 is 0 Å². The van der Waals surface area contributed by atoms with Crippen LogP contribution in [0.15, 0.2) is 42.7 Å². The number of imidazole rings is 1. The quantitative estimate of drug-likeness (QED) is 0.432. The number of aromatic nitrogens is 4. The number of hydrogen-bond acceptors (Lipinski definition) is 5. The average Bonchev–Trinajstić information content (AvgIpc) is 3.39. The van der Waals surface area contributed by atoms with Gasteiger partial charge in [-0.05, 0) is 77.8 Å². The Kier molecular flexibility index (Phi) is 6.39. The Labute approximate surface area is 216 Å². The van der Waals surface area contributed by atoms with Crippen LogP contribution < -0.4 is 5.32 Å². The van der Waals surface area contributed by atoms with Crippen molar-refractivity contribution < 1.29 is 14.3 Å². The van der Waals surface area contributed by atoms with Crippen molar-refractivity contribution in [1.82, 2.24) is 29.2 Å². The number of fused-ring (bicyclic) bond motifs is 2. The van der Waals surface area contributed by atoms with Gasteiger partial charge < -0.3 is 23.9 Å². The zero-order valence-electron chi connectivity index (χ0n) is 22.1. The number of aryl methyl sites for hydroxylation is 2. The zero-order chi connectivity index (χ0) is 26.3. The molecule has 0 spiro atoms. The molecule has 4 aromatic rings. The van der Waals surface area contributed by atoms with Crippen molar-refractivity contribution in [2.24, 2.45) is 0 Å². The van der Waals surface area contributed by atoms with Crippen molar-refractivity contribution in [2.45, 2.75) is 65.6 Å². The summed E-state index contributed by atoms with van der Waals surface area (Å²) in [5.74, 6) is -0.0627. The lowest BCUT2D eigenvalue weighted by atomic mass is 10.0. The molecule has 5 rings (SSSR count). The first-order valence-electron chi connectivity index (χ1n) is 12.9. The van der Waals surface area contributed by atoms with Crippen LogP contribution in [0, 0.1) is 6.92 Å². The molecule has 1 aliphatic rings. The van der Waals surface area contributed by atoms with E-state index in [9.17, 15) is 9.59 Å². The van der Waals surface area contributed by atoms with E-state index in [1.165, 1.54) is 0 Å². The van der Waals surface area contributed by atoms with Gasteiger partial charge in [0, 0.05) is 54.7 Å². The summed E-state index contributed by atoms with van der Waals surface area (Å²) >= 11 is 0. The van der Waals surface area contributed by atoms with E-state index in [0.29, 0.717) is 18.7 Å². The number of pyridine rings is 2. The molecule has 5 heterocycles. The number of hydrogen-bond donors (Lipinski definition) is 1. The molecule has 0 saturated carbocycles. The fraction of sp³-hybridized carbons (Fsp3) is 0.429. The molecule has 0 radical (unpaired) electrons. The summed E-state index contributed by atoms with van der Waals surface area (Å²) in [4.78, 5) is 36.9. The Bertz CT molecular complexity index is 1480. The van der Waals surface area contributed by atoms with Gasteiger partial charge in [-0.2, -0.15) is 0 Å². The molecular formula is C28H34N6O3. The summed E-state index contributed by atoms with van der Waals surface area (Å²) in [5.41, 5.74) is 4.58. The molecule has 194 valence electrons. The molecule has 1 atom stereocenters. The van der Waals surface area contributed by atoms with Gasteiger partial charge in [-0.1, -0.05) is 0 Å². The van der Waals surface area contributed by atoms with Crippen molar-refractivity contribution >= 4 is 28.7 Å². The number of carbonyl (C=O) groups is 2. The van der Waals surface area contributed by atoms with Crippen LogP contribution in [0.2, 0.25) is 0 Å². The second kappa shape index (κ2) is 9.53. The van der Waals surface area contributed by atoms with Crippen LogP contribution in [0.25, 0.3) is 28.1 Å². The van der Waals surface area contributed by atoms with E-state index in [2.05, 4.69) is 33.9 Å². The fourth-order valence-corrected chi connectivity index (χ4v) is 5.08. The van der Waals surface area contributed by atoms with E-state index in [1.807, 2.05) is 56.5 Å². The van der Waals surface area contributed by atoms with Crippen LogP contribution >= 0.6 is 0 Å². The molecule has 0 aromatic carbocycles. The summed E-state index contributed by atoms with van der Waals surface area (Å²) in [5, 5.41) is 3.99. The van der Waals surface area contributed by atoms with Crippen LogP contribution in [-0.2, 0) is 11.3 Å². The van der Waals surface area contributed by atoms with E-state index in [-0.39, 0.29) is 11.9 Å². The molecule has 1 fully saturated rings. The third-order valence-electron chi connectivity index (χ3n) is 6.76. The second-order valence-electron chi connectivity index (χ2n) is 10.6. The Morgan fingerprint density at radius 2 is 2.03 bits per heavy atom. The lowest BCUT2D eigenvalue weighted by Crippen LogP contribution is -2.50. The van der Waals surface area contributed by atoms with Gasteiger partial charge in [0.15, 0.2) is 0 Å². The number of ether oxygens (including phenoxy) is 1. The lowest BCUT2D eigenvalue weighted by Gasteiger charge is -2.33.